The fourth-order valence-corrected chi connectivity index (χ4v) is 1.81. The van der Waals surface area contributed by atoms with Gasteiger partial charge in [-0.3, -0.25) is 4.90 Å². The predicted molar refractivity (Wildman–Crippen MR) is 55.4 cm³/mol. The number of rotatable bonds is 0. The summed E-state index contributed by atoms with van der Waals surface area (Å²) in [6, 6.07) is 8.73. The van der Waals surface area contributed by atoms with E-state index in [4.69, 9.17) is 0 Å². The molecule has 13 heavy (non-hydrogen) atoms. The van der Waals surface area contributed by atoms with Crippen LogP contribution in [0.4, 0.5) is 0 Å². The Balaban J connectivity index is 2.23. The summed E-state index contributed by atoms with van der Waals surface area (Å²) < 4.78 is 0. The Morgan fingerprint density at radius 3 is 1.85 bits per heavy atom. The van der Waals surface area contributed by atoms with Gasteiger partial charge in [0.1, 0.15) is 0 Å². The van der Waals surface area contributed by atoms with Gasteiger partial charge in [0, 0.05) is 18.6 Å². The fourth-order valence-electron chi connectivity index (χ4n) is 1.81. The zero-order valence-corrected chi connectivity index (χ0v) is 8.67. The zero-order valence-electron chi connectivity index (χ0n) is 8.67. The zero-order chi connectivity index (χ0) is 9.47. The van der Waals surface area contributed by atoms with Crippen LogP contribution < -0.4 is 0 Å². The summed E-state index contributed by atoms with van der Waals surface area (Å²) in [5.41, 5.74) is 3.29. The summed E-state index contributed by atoms with van der Waals surface area (Å²) in [7, 11) is 0. The fraction of sp³-hybridized carbons (Fsp3) is 0.500. The van der Waals surface area contributed by atoms with Crippen LogP contribution in [0.25, 0.3) is 0 Å². The minimum absolute atomic E-state index is 0.291. The number of nitrogens with zero attached hydrogens (tertiary/aromatic N) is 1. The van der Waals surface area contributed by atoms with Gasteiger partial charge < -0.3 is 0 Å². The molecule has 0 unspecified atom stereocenters. The van der Waals surface area contributed by atoms with Crippen LogP contribution in [0.3, 0.4) is 0 Å². The Morgan fingerprint density at radius 2 is 1.46 bits per heavy atom. The Hall–Kier alpha value is -0.820. The van der Waals surface area contributed by atoms with Crippen molar-refractivity contribution >= 4 is 0 Å². The van der Waals surface area contributed by atoms with Gasteiger partial charge in [-0.1, -0.05) is 24.3 Å². The van der Waals surface area contributed by atoms with Gasteiger partial charge >= 0.3 is 0 Å². The van der Waals surface area contributed by atoms with Crippen LogP contribution in [-0.2, 0) is 13.1 Å². The maximum absolute atomic E-state index is 2.51. The minimum Gasteiger partial charge on any atom is -0.290 e. The molecule has 0 spiro atoms. The second kappa shape index (κ2) is 2.85. The van der Waals surface area contributed by atoms with Gasteiger partial charge in [-0.15, -0.1) is 0 Å². The first-order chi connectivity index (χ1) is 6.07. The first-order valence-corrected chi connectivity index (χ1v) is 4.89. The van der Waals surface area contributed by atoms with E-state index in [-0.39, 0.29) is 0 Å². The molecule has 1 heteroatoms. The molecule has 0 saturated heterocycles. The molecule has 0 aliphatic carbocycles. The van der Waals surface area contributed by atoms with Crippen LogP contribution in [0.2, 0.25) is 0 Å². The molecule has 0 N–H and O–H groups in total. The van der Waals surface area contributed by atoms with E-state index < -0.39 is 0 Å². The van der Waals surface area contributed by atoms with Crippen molar-refractivity contribution in [3.8, 4) is 0 Å². The molecule has 1 aromatic carbocycles. The molecule has 0 radical (unpaired) electrons. The summed E-state index contributed by atoms with van der Waals surface area (Å²) in [5.74, 6) is 0. The lowest BCUT2D eigenvalue weighted by molar-refractivity contribution is 0.136. The van der Waals surface area contributed by atoms with Crippen LogP contribution in [0.5, 0.6) is 0 Å². The highest BCUT2D eigenvalue weighted by atomic mass is 15.2. The topological polar surface area (TPSA) is 3.24 Å². The monoisotopic (exact) mass is 175 g/mol. The first kappa shape index (κ1) is 8.76. The van der Waals surface area contributed by atoms with Crippen LogP contribution in [0.15, 0.2) is 24.3 Å². The molecule has 1 heterocycles. The van der Waals surface area contributed by atoms with E-state index in [1.165, 1.54) is 11.1 Å². The lowest BCUT2D eigenvalue weighted by Crippen LogP contribution is -2.36. The van der Waals surface area contributed by atoms with Crippen molar-refractivity contribution in [1.29, 1.82) is 0 Å². The normalized spacial score (nSPS) is 17.5. The quantitative estimate of drug-likeness (QED) is 0.586. The second-order valence-electron chi connectivity index (χ2n) is 4.80. The first-order valence-electron chi connectivity index (χ1n) is 4.89. The van der Waals surface area contributed by atoms with Gasteiger partial charge in [-0.25, -0.2) is 0 Å². The molecule has 1 aliphatic heterocycles. The number of fused-ring (bicyclic) bond motifs is 1. The Morgan fingerprint density at radius 1 is 1.00 bits per heavy atom. The third-order valence-corrected chi connectivity index (χ3v) is 2.79. The van der Waals surface area contributed by atoms with Crippen molar-refractivity contribution in [1.82, 2.24) is 4.90 Å². The van der Waals surface area contributed by atoms with Gasteiger partial charge in [0.2, 0.25) is 0 Å². The summed E-state index contributed by atoms with van der Waals surface area (Å²) in [6.07, 6.45) is 0. The van der Waals surface area contributed by atoms with Crippen molar-refractivity contribution in [2.75, 3.05) is 0 Å². The molecule has 0 atom stereocenters. The van der Waals surface area contributed by atoms with E-state index in [2.05, 4.69) is 49.9 Å². The second-order valence-corrected chi connectivity index (χ2v) is 4.80. The summed E-state index contributed by atoms with van der Waals surface area (Å²) in [4.78, 5) is 2.51. The smallest absolute Gasteiger partial charge is 0.0245 e. The molecule has 0 aromatic heterocycles. The molecule has 0 bridgehead atoms. The number of benzene rings is 1. The third-order valence-electron chi connectivity index (χ3n) is 2.79. The Labute approximate surface area is 80.4 Å². The summed E-state index contributed by atoms with van der Waals surface area (Å²) in [6.45, 7) is 9.05. The molecule has 2 rings (SSSR count). The van der Waals surface area contributed by atoms with E-state index in [1.54, 1.807) is 0 Å². The number of hydrogen-bond acceptors (Lipinski definition) is 1. The average Bonchev–Trinajstić information content (AvgIpc) is 2.45. The van der Waals surface area contributed by atoms with Crippen molar-refractivity contribution in [2.45, 2.75) is 39.4 Å². The molecule has 1 aliphatic rings. The minimum atomic E-state index is 0.291. The maximum atomic E-state index is 2.51. The van der Waals surface area contributed by atoms with Crippen molar-refractivity contribution in [2.24, 2.45) is 0 Å². The molecular weight excluding hydrogens is 158 g/mol. The van der Waals surface area contributed by atoms with Crippen molar-refractivity contribution in [3.63, 3.8) is 0 Å². The molecule has 70 valence electrons. The van der Waals surface area contributed by atoms with Crippen LogP contribution in [0, 0.1) is 0 Å². The Bertz CT molecular complexity index is 284. The highest BCUT2D eigenvalue weighted by molar-refractivity contribution is 5.30. The van der Waals surface area contributed by atoms with Gasteiger partial charge in [-0.2, -0.15) is 0 Å². The summed E-state index contributed by atoms with van der Waals surface area (Å²) >= 11 is 0. The lowest BCUT2D eigenvalue weighted by Gasteiger charge is -2.31. The van der Waals surface area contributed by atoms with E-state index in [9.17, 15) is 0 Å². The van der Waals surface area contributed by atoms with E-state index in [1.807, 2.05) is 0 Å². The van der Waals surface area contributed by atoms with E-state index >= 15 is 0 Å². The third kappa shape index (κ3) is 1.61. The van der Waals surface area contributed by atoms with Gasteiger partial charge in [-0.05, 0) is 31.9 Å². The van der Waals surface area contributed by atoms with Gasteiger partial charge in [0.15, 0.2) is 0 Å². The highest BCUT2D eigenvalue weighted by Gasteiger charge is 2.27. The molecule has 0 saturated carbocycles. The molecular formula is C12H17N. The summed E-state index contributed by atoms with van der Waals surface area (Å²) in [5, 5.41) is 0. The molecule has 1 aromatic rings. The predicted octanol–water partition coefficient (Wildman–Crippen LogP) is 2.80. The SMILES string of the molecule is CC(C)(C)N1Cc2ccccc2C1. The largest absolute Gasteiger partial charge is 0.290 e. The average molecular weight is 175 g/mol. The lowest BCUT2D eigenvalue weighted by atomic mass is 10.1. The van der Waals surface area contributed by atoms with E-state index in [0.29, 0.717) is 5.54 Å². The van der Waals surface area contributed by atoms with Crippen molar-refractivity contribution < 1.29 is 0 Å². The van der Waals surface area contributed by atoms with Gasteiger partial charge in [0.05, 0.1) is 0 Å². The maximum Gasteiger partial charge on any atom is 0.0245 e. The van der Waals surface area contributed by atoms with Crippen LogP contribution in [-0.4, -0.2) is 10.4 Å². The standard InChI is InChI=1S/C12H17N/c1-12(2,3)13-8-10-6-4-5-7-11(10)9-13/h4-7H,8-9H2,1-3H3. The van der Waals surface area contributed by atoms with Crippen LogP contribution in [0.1, 0.15) is 31.9 Å². The van der Waals surface area contributed by atoms with Crippen molar-refractivity contribution in [3.05, 3.63) is 35.4 Å². The number of hydrogen-bond donors (Lipinski definition) is 0. The van der Waals surface area contributed by atoms with Crippen LogP contribution >= 0.6 is 0 Å². The highest BCUT2D eigenvalue weighted by Crippen LogP contribution is 2.28. The van der Waals surface area contributed by atoms with E-state index in [0.717, 1.165) is 13.1 Å². The Kier molecular flexibility index (Phi) is 1.92. The molecule has 1 nitrogen and oxygen atoms in total. The van der Waals surface area contributed by atoms with Gasteiger partial charge in [0.25, 0.3) is 0 Å². The molecule has 0 amide bonds. The molecule has 0 fully saturated rings.